The quantitative estimate of drug-likeness (QED) is 0.670. The lowest BCUT2D eigenvalue weighted by molar-refractivity contribution is -0.0506. The van der Waals surface area contributed by atoms with Gasteiger partial charge in [0.15, 0.2) is 0 Å². The molecular weight excluding hydrogens is 395 g/mol. The van der Waals surface area contributed by atoms with E-state index in [1.807, 2.05) is 35.2 Å². The maximum Gasteiger partial charge on any atom is 0.253 e. The second-order valence-corrected chi connectivity index (χ2v) is 8.76. The molecule has 2 fully saturated rings. The minimum absolute atomic E-state index is 0.0725. The monoisotopic (exact) mass is 426 g/mol. The Kier molecular flexibility index (Phi) is 7.33. The lowest BCUT2D eigenvalue weighted by Crippen LogP contribution is -2.50. The van der Waals surface area contributed by atoms with Crippen molar-refractivity contribution >= 4 is 5.91 Å². The van der Waals surface area contributed by atoms with E-state index in [2.05, 4.69) is 4.90 Å². The minimum atomic E-state index is -0.440. The maximum atomic E-state index is 13.3. The first-order chi connectivity index (χ1) is 15.1. The molecule has 2 aliphatic rings. The molecule has 1 saturated heterocycles. The van der Waals surface area contributed by atoms with E-state index in [0.29, 0.717) is 50.7 Å². The lowest BCUT2D eigenvalue weighted by Gasteiger charge is -2.36. The van der Waals surface area contributed by atoms with E-state index in [1.54, 1.807) is 12.1 Å². The van der Waals surface area contributed by atoms with Crippen LogP contribution in [0.4, 0.5) is 4.39 Å². The summed E-state index contributed by atoms with van der Waals surface area (Å²) in [6.07, 6.45) is 2.39. The molecule has 1 saturated carbocycles. The molecule has 2 aromatic carbocycles. The first-order valence-corrected chi connectivity index (χ1v) is 11.2. The molecule has 2 aromatic rings. The molecule has 0 aromatic heterocycles. The number of carbonyl (C=O) groups excluding carboxylic acids is 1. The van der Waals surface area contributed by atoms with Gasteiger partial charge in [-0.2, -0.15) is 0 Å². The number of ether oxygens (including phenoxy) is 1. The van der Waals surface area contributed by atoms with E-state index in [1.165, 1.54) is 12.1 Å². The van der Waals surface area contributed by atoms with Crippen molar-refractivity contribution in [3.8, 4) is 0 Å². The topological polar surface area (TPSA) is 53.0 Å². The van der Waals surface area contributed by atoms with Crippen molar-refractivity contribution in [2.24, 2.45) is 5.92 Å². The molecular formula is C25H31FN2O3. The summed E-state index contributed by atoms with van der Waals surface area (Å²) in [5.74, 6) is 0.138. The summed E-state index contributed by atoms with van der Waals surface area (Å²) in [6, 6.07) is 15.8. The van der Waals surface area contributed by atoms with Crippen LogP contribution in [0.25, 0.3) is 0 Å². The highest BCUT2D eigenvalue weighted by Gasteiger charge is 2.31. The molecule has 6 heteroatoms. The highest BCUT2D eigenvalue weighted by Crippen LogP contribution is 2.30. The SMILES string of the molecule is O=C(c1ccc(F)cc1)N(CC1CC1)CC1CN(CC(O)Cc2ccccc2)CCO1. The number of hydrogen-bond acceptors (Lipinski definition) is 4. The van der Waals surface area contributed by atoms with E-state index in [9.17, 15) is 14.3 Å². The van der Waals surface area contributed by atoms with Gasteiger partial charge in [0.2, 0.25) is 0 Å². The minimum Gasteiger partial charge on any atom is -0.391 e. The molecule has 1 aliphatic carbocycles. The van der Waals surface area contributed by atoms with Crippen molar-refractivity contribution in [1.29, 1.82) is 0 Å². The van der Waals surface area contributed by atoms with Crippen LogP contribution in [0.15, 0.2) is 54.6 Å². The summed E-state index contributed by atoms with van der Waals surface area (Å²) >= 11 is 0. The first kappa shape index (κ1) is 21.9. The predicted molar refractivity (Wildman–Crippen MR) is 117 cm³/mol. The second kappa shape index (κ2) is 10.4. The Morgan fingerprint density at radius 2 is 1.87 bits per heavy atom. The van der Waals surface area contributed by atoms with Crippen LogP contribution in [-0.4, -0.2) is 72.4 Å². The number of aliphatic hydroxyl groups excluding tert-OH is 1. The highest BCUT2D eigenvalue weighted by atomic mass is 19.1. The van der Waals surface area contributed by atoms with E-state index >= 15 is 0 Å². The Balaban J connectivity index is 1.33. The molecule has 4 rings (SSSR count). The summed E-state index contributed by atoms with van der Waals surface area (Å²) < 4.78 is 19.2. The van der Waals surface area contributed by atoms with E-state index < -0.39 is 6.10 Å². The van der Waals surface area contributed by atoms with Crippen LogP contribution in [0.3, 0.4) is 0 Å². The van der Waals surface area contributed by atoms with E-state index in [-0.39, 0.29) is 17.8 Å². The number of amides is 1. The fourth-order valence-corrected chi connectivity index (χ4v) is 4.18. The number of benzene rings is 2. The third kappa shape index (κ3) is 6.60. The fraction of sp³-hybridized carbons (Fsp3) is 0.480. The van der Waals surface area contributed by atoms with Crippen molar-refractivity contribution in [2.75, 3.05) is 39.3 Å². The van der Waals surface area contributed by atoms with Gasteiger partial charge in [0.1, 0.15) is 5.82 Å². The standard InChI is InChI=1S/C25H31FN2O3/c26-22-10-8-21(9-11-22)25(30)28(15-20-6-7-20)18-24-17-27(12-13-31-24)16-23(29)14-19-4-2-1-3-5-19/h1-5,8-11,20,23-24,29H,6-7,12-18H2. The zero-order valence-electron chi connectivity index (χ0n) is 17.8. The van der Waals surface area contributed by atoms with Crippen LogP contribution in [0.5, 0.6) is 0 Å². The van der Waals surface area contributed by atoms with Gasteiger partial charge in [-0.05, 0) is 55.0 Å². The normalized spacial score (nSPS) is 20.4. The van der Waals surface area contributed by atoms with Gasteiger partial charge in [-0.15, -0.1) is 0 Å². The van der Waals surface area contributed by atoms with Crippen molar-refractivity contribution < 1.29 is 19.0 Å². The Morgan fingerprint density at radius 3 is 2.58 bits per heavy atom. The predicted octanol–water partition coefficient (Wildman–Crippen LogP) is 2.98. The molecule has 2 atom stereocenters. The van der Waals surface area contributed by atoms with Gasteiger partial charge in [-0.25, -0.2) is 4.39 Å². The van der Waals surface area contributed by atoms with E-state index in [0.717, 1.165) is 24.9 Å². The molecule has 31 heavy (non-hydrogen) atoms. The Hall–Kier alpha value is -2.28. The number of carbonyl (C=O) groups is 1. The second-order valence-electron chi connectivity index (χ2n) is 8.76. The third-order valence-corrected chi connectivity index (χ3v) is 5.98. The smallest absolute Gasteiger partial charge is 0.253 e. The fourth-order valence-electron chi connectivity index (χ4n) is 4.18. The summed E-state index contributed by atoms with van der Waals surface area (Å²) in [5, 5.41) is 10.5. The average Bonchev–Trinajstić information content (AvgIpc) is 3.58. The molecule has 1 heterocycles. The summed E-state index contributed by atoms with van der Waals surface area (Å²) in [5.41, 5.74) is 1.63. The summed E-state index contributed by atoms with van der Waals surface area (Å²) in [7, 11) is 0. The Morgan fingerprint density at radius 1 is 1.13 bits per heavy atom. The third-order valence-electron chi connectivity index (χ3n) is 5.98. The van der Waals surface area contributed by atoms with Crippen molar-refractivity contribution in [1.82, 2.24) is 9.80 Å². The molecule has 0 bridgehead atoms. The van der Waals surface area contributed by atoms with Gasteiger partial charge in [0.25, 0.3) is 5.91 Å². The van der Waals surface area contributed by atoms with Gasteiger partial charge >= 0.3 is 0 Å². The number of hydrogen-bond donors (Lipinski definition) is 1. The molecule has 2 unspecified atom stereocenters. The number of aliphatic hydroxyl groups is 1. The van der Waals surface area contributed by atoms with Gasteiger partial charge in [-0.3, -0.25) is 9.69 Å². The molecule has 1 N–H and O–H groups in total. The molecule has 0 radical (unpaired) electrons. The average molecular weight is 427 g/mol. The Bertz CT molecular complexity index is 842. The van der Waals surface area contributed by atoms with Crippen LogP contribution in [-0.2, 0) is 11.2 Å². The molecule has 1 amide bonds. The lowest BCUT2D eigenvalue weighted by atomic mass is 10.1. The number of β-amino-alcohol motifs (C(OH)–C–C–N with tert-alkyl or cyclic N) is 1. The van der Waals surface area contributed by atoms with Crippen LogP contribution >= 0.6 is 0 Å². The Labute approximate surface area is 183 Å². The van der Waals surface area contributed by atoms with Crippen molar-refractivity contribution in [3.05, 3.63) is 71.5 Å². The van der Waals surface area contributed by atoms with Crippen LogP contribution < -0.4 is 0 Å². The maximum absolute atomic E-state index is 13.3. The van der Waals surface area contributed by atoms with E-state index in [4.69, 9.17) is 4.74 Å². The zero-order valence-corrected chi connectivity index (χ0v) is 17.8. The van der Waals surface area contributed by atoms with Crippen LogP contribution in [0.2, 0.25) is 0 Å². The van der Waals surface area contributed by atoms with Gasteiger partial charge in [0, 0.05) is 38.3 Å². The highest BCUT2D eigenvalue weighted by molar-refractivity contribution is 5.94. The van der Waals surface area contributed by atoms with Crippen LogP contribution in [0.1, 0.15) is 28.8 Å². The molecule has 0 spiro atoms. The summed E-state index contributed by atoms with van der Waals surface area (Å²) in [4.78, 5) is 17.1. The molecule has 1 aliphatic heterocycles. The summed E-state index contributed by atoms with van der Waals surface area (Å²) in [6.45, 7) is 3.86. The molecule has 166 valence electrons. The number of halogens is 1. The van der Waals surface area contributed by atoms with Crippen molar-refractivity contribution in [2.45, 2.75) is 31.5 Å². The van der Waals surface area contributed by atoms with Gasteiger partial charge in [-0.1, -0.05) is 30.3 Å². The zero-order chi connectivity index (χ0) is 21.6. The van der Waals surface area contributed by atoms with Crippen molar-refractivity contribution in [3.63, 3.8) is 0 Å². The van der Waals surface area contributed by atoms with Crippen LogP contribution in [0, 0.1) is 11.7 Å². The molecule has 5 nitrogen and oxygen atoms in total. The number of rotatable bonds is 9. The number of morpholine rings is 1. The van der Waals surface area contributed by atoms with Gasteiger partial charge < -0.3 is 14.7 Å². The number of nitrogens with zero attached hydrogens (tertiary/aromatic N) is 2. The van der Waals surface area contributed by atoms with Gasteiger partial charge in [0.05, 0.1) is 18.8 Å². The largest absolute Gasteiger partial charge is 0.391 e. The first-order valence-electron chi connectivity index (χ1n) is 11.2.